The zero-order valence-corrected chi connectivity index (χ0v) is 23.3. The van der Waals surface area contributed by atoms with Crippen molar-refractivity contribution < 1.29 is 28.9 Å². The van der Waals surface area contributed by atoms with Gasteiger partial charge in [-0.15, -0.1) is 0 Å². The minimum absolute atomic E-state index is 0.0965. The molecular weight excluding hydrogens is 541 g/mol. The first kappa shape index (κ1) is 28.5. The molecule has 0 aliphatic rings. The van der Waals surface area contributed by atoms with Gasteiger partial charge in [0.1, 0.15) is 0 Å². The van der Waals surface area contributed by atoms with Crippen LogP contribution in [0, 0.1) is 0 Å². The van der Waals surface area contributed by atoms with E-state index in [-0.39, 0.29) is 33.9 Å². The van der Waals surface area contributed by atoms with E-state index in [0.717, 1.165) is 11.3 Å². The molecule has 9 nitrogen and oxygen atoms in total. The van der Waals surface area contributed by atoms with Crippen LogP contribution in [0.2, 0.25) is 10.0 Å². The molecule has 1 heterocycles. The van der Waals surface area contributed by atoms with Crippen molar-refractivity contribution >= 4 is 57.4 Å². The maximum atomic E-state index is 13.7. The minimum atomic E-state index is -0.651. The van der Waals surface area contributed by atoms with Gasteiger partial charge < -0.3 is 24.2 Å². The van der Waals surface area contributed by atoms with E-state index in [1.165, 1.54) is 42.3 Å². The van der Waals surface area contributed by atoms with Crippen LogP contribution in [0.25, 0.3) is 0 Å². The zero-order chi connectivity index (χ0) is 27.3. The minimum Gasteiger partial charge on any atom is -0.493 e. The van der Waals surface area contributed by atoms with E-state index < -0.39 is 17.5 Å². The van der Waals surface area contributed by atoms with Gasteiger partial charge in [0.05, 0.1) is 43.3 Å². The van der Waals surface area contributed by atoms with E-state index in [9.17, 15) is 14.7 Å². The Morgan fingerprint density at radius 3 is 2.35 bits per heavy atom. The normalized spacial score (nSPS) is 11.1. The highest BCUT2D eigenvalue weighted by atomic mass is 35.5. The fourth-order valence-corrected chi connectivity index (χ4v) is 4.68. The van der Waals surface area contributed by atoms with Crippen molar-refractivity contribution in [2.75, 3.05) is 32.3 Å². The molecule has 37 heavy (non-hydrogen) atoms. The predicted octanol–water partition coefficient (Wildman–Crippen LogP) is 6.04. The number of ether oxygens (including phenoxy) is 3. The number of aliphatic hydroxyl groups excluding tert-OH is 1. The van der Waals surface area contributed by atoms with Crippen LogP contribution in [0.15, 0.2) is 42.6 Å². The van der Waals surface area contributed by atoms with Crippen molar-refractivity contribution in [1.82, 2.24) is 9.88 Å². The third kappa shape index (κ3) is 6.64. The van der Waals surface area contributed by atoms with Crippen LogP contribution < -0.4 is 19.1 Å². The van der Waals surface area contributed by atoms with Gasteiger partial charge in [-0.25, -0.2) is 9.78 Å². The molecule has 2 amide bonds. The third-order valence-corrected chi connectivity index (χ3v) is 6.60. The van der Waals surface area contributed by atoms with Crippen molar-refractivity contribution in [2.24, 2.45) is 0 Å². The number of hydrogen-bond donors (Lipinski definition) is 1. The largest absolute Gasteiger partial charge is 0.493 e. The molecule has 1 N–H and O–H groups in total. The molecule has 3 aromatic rings. The van der Waals surface area contributed by atoms with Gasteiger partial charge in [0.25, 0.3) is 5.91 Å². The lowest BCUT2D eigenvalue weighted by Gasteiger charge is -2.33. The Morgan fingerprint density at radius 2 is 1.76 bits per heavy atom. The van der Waals surface area contributed by atoms with E-state index in [0.29, 0.717) is 22.2 Å². The van der Waals surface area contributed by atoms with Gasteiger partial charge in [0.15, 0.2) is 11.5 Å². The number of benzene rings is 2. The molecule has 1 aromatic heterocycles. The molecule has 198 valence electrons. The average molecular weight is 568 g/mol. The maximum Gasteiger partial charge on any atom is 0.416 e. The summed E-state index contributed by atoms with van der Waals surface area (Å²) in [5.41, 5.74) is 0.0225. The molecule has 0 fully saturated rings. The van der Waals surface area contributed by atoms with Gasteiger partial charge in [-0.05, 0) is 51.1 Å². The summed E-state index contributed by atoms with van der Waals surface area (Å²) in [7, 11) is 2.99. The maximum absolute atomic E-state index is 13.7. The number of thiazole rings is 1. The number of nitrogens with zero attached hydrogens (tertiary/aromatic N) is 3. The first-order chi connectivity index (χ1) is 17.5. The lowest BCUT2D eigenvalue weighted by atomic mass is 10.1. The van der Waals surface area contributed by atoms with Crippen LogP contribution in [0.1, 0.15) is 31.1 Å². The quantitative estimate of drug-likeness (QED) is 0.354. The number of hydrogen-bond acceptors (Lipinski definition) is 8. The second-order valence-corrected chi connectivity index (χ2v) is 10.5. The highest BCUT2D eigenvalue weighted by Crippen LogP contribution is 2.39. The lowest BCUT2D eigenvalue weighted by Crippen LogP contribution is -2.48. The van der Waals surface area contributed by atoms with Crippen LogP contribution >= 0.6 is 34.5 Å². The Hall–Kier alpha value is -3.05. The number of carbonyl (C=O) groups excluding carboxylic acids is 2. The van der Waals surface area contributed by atoms with Crippen LogP contribution in [0.5, 0.6) is 16.6 Å². The molecule has 0 saturated heterocycles. The fourth-order valence-electron chi connectivity index (χ4n) is 3.40. The number of amides is 2. The van der Waals surface area contributed by atoms with Crippen molar-refractivity contribution in [2.45, 2.75) is 26.3 Å². The number of aromatic nitrogens is 1. The molecule has 0 unspecified atom stereocenters. The van der Waals surface area contributed by atoms with Crippen molar-refractivity contribution in [1.29, 1.82) is 0 Å². The SMILES string of the molecule is COc1ccc(N(C(=O)c2ccc(Cl)cc2Cl)c2ncc(OC(=O)N(CCO)C(C)(C)C)s2)cc1OC. The Balaban J connectivity index is 2.03. The number of methoxy groups -OCH3 is 2. The first-order valence-electron chi connectivity index (χ1n) is 11.1. The van der Waals surface area contributed by atoms with E-state index in [2.05, 4.69) is 4.98 Å². The second kappa shape index (κ2) is 12.0. The van der Waals surface area contributed by atoms with Gasteiger partial charge in [-0.1, -0.05) is 34.5 Å². The van der Waals surface area contributed by atoms with E-state index >= 15 is 0 Å². The Kier molecular flexibility index (Phi) is 9.25. The molecule has 0 bridgehead atoms. The van der Waals surface area contributed by atoms with Crippen molar-refractivity contribution in [3.8, 4) is 16.6 Å². The average Bonchev–Trinajstić information content (AvgIpc) is 3.29. The van der Waals surface area contributed by atoms with Gasteiger partial charge in [-0.3, -0.25) is 9.69 Å². The summed E-state index contributed by atoms with van der Waals surface area (Å²) in [6.07, 6.45) is 0.698. The first-order valence-corrected chi connectivity index (χ1v) is 12.6. The molecule has 0 aliphatic carbocycles. The molecule has 0 aliphatic heterocycles. The van der Waals surface area contributed by atoms with Gasteiger partial charge in [-0.2, -0.15) is 0 Å². The van der Waals surface area contributed by atoms with E-state index in [1.807, 2.05) is 20.8 Å². The smallest absolute Gasteiger partial charge is 0.416 e. The van der Waals surface area contributed by atoms with Crippen LogP contribution in [0.3, 0.4) is 0 Å². The Morgan fingerprint density at radius 1 is 1.05 bits per heavy atom. The molecule has 0 saturated carbocycles. The highest BCUT2D eigenvalue weighted by molar-refractivity contribution is 7.17. The Labute approximate surface area is 229 Å². The monoisotopic (exact) mass is 567 g/mol. The van der Waals surface area contributed by atoms with Crippen LogP contribution in [-0.4, -0.2) is 59.9 Å². The molecule has 0 radical (unpaired) electrons. The standard InChI is InChI=1S/C25H27Cl2N3O6S/c1-25(2,3)29(10-11-31)24(33)36-21-14-28-23(37-21)30(16-7-9-19(34-4)20(13-16)35-5)22(32)17-8-6-15(26)12-18(17)27/h6-9,12-14,31H,10-11H2,1-5H3. The summed E-state index contributed by atoms with van der Waals surface area (Å²) in [6, 6.07) is 9.49. The number of aliphatic hydroxyl groups is 1. The van der Waals surface area contributed by atoms with E-state index in [1.54, 1.807) is 24.3 Å². The van der Waals surface area contributed by atoms with Gasteiger partial charge in [0.2, 0.25) is 10.2 Å². The summed E-state index contributed by atoms with van der Waals surface area (Å²) in [6.45, 7) is 5.36. The predicted molar refractivity (Wildman–Crippen MR) is 144 cm³/mol. The second-order valence-electron chi connectivity index (χ2n) is 8.68. The van der Waals surface area contributed by atoms with Crippen LogP contribution in [-0.2, 0) is 0 Å². The number of halogens is 2. The van der Waals surface area contributed by atoms with Crippen molar-refractivity contribution in [3.05, 3.63) is 58.2 Å². The molecule has 0 spiro atoms. The molecular formula is C25H27Cl2N3O6S. The van der Waals surface area contributed by atoms with Gasteiger partial charge in [0, 0.05) is 23.2 Å². The summed E-state index contributed by atoms with van der Waals surface area (Å²) >= 11 is 13.3. The summed E-state index contributed by atoms with van der Waals surface area (Å²) in [4.78, 5) is 33.6. The molecule has 0 atom stereocenters. The molecule has 12 heteroatoms. The zero-order valence-electron chi connectivity index (χ0n) is 20.9. The summed E-state index contributed by atoms with van der Waals surface area (Å²) < 4.78 is 16.3. The summed E-state index contributed by atoms with van der Waals surface area (Å²) in [5, 5.41) is 10.3. The lowest BCUT2D eigenvalue weighted by molar-refractivity contribution is 0.0922. The van der Waals surface area contributed by atoms with E-state index in [4.69, 9.17) is 37.4 Å². The number of anilines is 2. The summed E-state index contributed by atoms with van der Waals surface area (Å²) in [5.74, 6) is 0.383. The fraction of sp³-hybridized carbons (Fsp3) is 0.320. The highest BCUT2D eigenvalue weighted by Gasteiger charge is 2.30. The number of carbonyl (C=O) groups is 2. The number of β-amino-alcohol motifs (C(OH)–C–C–N with tert-alkyl or cyclic N) is 1. The topological polar surface area (TPSA) is 101 Å². The third-order valence-electron chi connectivity index (χ3n) is 5.20. The number of rotatable bonds is 8. The van der Waals surface area contributed by atoms with Gasteiger partial charge >= 0.3 is 6.09 Å². The Bertz CT molecular complexity index is 1280. The molecule has 2 aromatic carbocycles. The van der Waals surface area contributed by atoms with Crippen molar-refractivity contribution in [3.63, 3.8) is 0 Å². The van der Waals surface area contributed by atoms with Crippen LogP contribution in [0.4, 0.5) is 15.6 Å². The molecule has 3 rings (SSSR count).